The summed E-state index contributed by atoms with van der Waals surface area (Å²) in [4.78, 5) is 36.5. The van der Waals surface area contributed by atoms with Gasteiger partial charge in [-0.1, -0.05) is 42.5 Å². The Labute approximate surface area is 266 Å². The summed E-state index contributed by atoms with van der Waals surface area (Å²) in [6, 6.07) is 25.8. The maximum absolute atomic E-state index is 14.2. The molecule has 0 aliphatic carbocycles. The van der Waals surface area contributed by atoms with Crippen LogP contribution in [0.2, 0.25) is 0 Å². The lowest BCUT2D eigenvalue weighted by atomic mass is 9.97. The number of aromatic nitrogens is 1. The fourth-order valence-corrected chi connectivity index (χ4v) is 6.60. The number of fused-ring (bicyclic) bond motifs is 2. The third-order valence-corrected chi connectivity index (χ3v) is 9.08. The number of aryl methyl sites for hydroxylation is 1. The average molecular weight is 606 g/mol. The number of amides is 2. The first-order valence-electron chi connectivity index (χ1n) is 15.8. The van der Waals surface area contributed by atoms with Gasteiger partial charge in [-0.2, -0.15) is 0 Å². The van der Waals surface area contributed by atoms with Crippen molar-refractivity contribution in [2.45, 2.75) is 26.4 Å². The van der Waals surface area contributed by atoms with Gasteiger partial charge in [-0.15, -0.1) is 0 Å². The number of nitrogens with zero attached hydrogens (tertiary/aromatic N) is 5. The third kappa shape index (κ3) is 6.39. The molecule has 0 spiro atoms. The van der Waals surface area contributed by atoms with Crippen LogP contribution >= 0.6 is 0 Å². The van der Waals surface area contributed by atoms with Gasteiger partial charge in [0, 0.05) is 48.7 Å². The Hall–Kier alpha value is -4.40. The van der Waals surface area contributed by atoms with Crippen LogP contribution < -0.4 is 9.64 Å². The van der Waals surface area contributed by atoms with E-state index in [2.05, 4.69) is 34.5 Å². The second-order valence-electron chi connectivity index (χ2n) is 12.3. The van der Waals surface area contributed by atoms with E-state index in [0.29, 0.717) is 24.3 Å². The lowest BCUT2D eigenvalue weighted by Gasteiger charge is -2.35. The first kappa shape index (κ1) is 30.6. The number of anilines is 1. The maximum Gasteiger partial charge on any atom is 0.270 e. The Balaban J connectivity index is 1.23. The van der Waals surface area contributed by atoms with Gasteiger partial charge in [0.1, 0.15) is 11.4 Å². The molecule has 1 fully saturated rings. The van der Waals surface area contributed by atoms with Gasteiger partial charge in [0.15, 0.2) is 0 Å². The summed E-state index contributed by atoms with van der Waals surface area (Å²) < 4.78 is 7.69. The number of carbonyl (C=O) groups excluding carboxylic acids is 2. The first-order chi connectivity index (χ1) is 21.8. The normalized spacial score (nSPS) is 15.0. The highest BCUT2D eigenvalue weighted by Crippen LogP contribution is 2.34. The van der Waals surface area contributed by atoms with Crippen LogP contribution in [0.25, 0.3) is 11.1 Å². The summed E-state index contributed by atoms with van der Waals surface area (Å²) in [5.74, 6) is 0.799. The standard InChI is InChI=1S/C37H43N5O3/c1-27-24-28(14-16-31(27)32-11-6-8-13-35(32)45-4)36(43)42-26-30-15-17-34(41(30)25-29-10-5-7-12-33(29)42)37(44)40-22-20-39(21-23-40)19-9-18-38(2)3/h5-8,10-17,24H,9,18-23,25-26H2,1-4H3. The molecule has 234 valence electrons. The monoisotopic (exact) mass is 605 g/mol. The van der Waals surface area contributed by atoms with Gasteiger partial charge in [-0.25, -0.2) is 0 Å². The van der Waals surface area contributed by atoms with Crippen LogP contribution in [0.3, 0.4) is 0 Å². The van der Waals surface area contributed by atoms with E-state index < -0.39 is 0 Å². The average Bonchev–Trinajstić information content (AvgIpc) is 3.37. The van der Waals surface area contributed by atoms with Gasteiger partial charge in [0.05, 0.1) is 20.2 Å². The molecule has 8 nitrogen and oxygen atoms in total. The van der Waals surface area contributed by atoms with Crippen LogP contribution in [0, 0.1) is 6.92 Å². The predicted octanol–water partition coefficient (Wildman–Crippen LogP) is 5.39. The summed E-state index contributed by atoms with van der Waals surface area (Å²) in [5.41, 5.74) is 7.19. The minimum atomic E-state index is -0.0648. The van der Waals surface area contributed by atoms with Crippen molar-refractivity contribution in [3.05, 3.63) is 107 Å². The largest absolute Gasteiger partial charge is 0.496 e. The molecule has 0 unspecified atom stereocenters. The molecule has 1 aromatic heterocycles. The van der Waals surface area contributed by atoms with Crippen molar-refractivity contribution in [2.24, 2.45) is 0 Å². The van der Waals surface area contributed by atoms with Gasteiger partial charge in [0.25, 0.3) is 11.8 Å². The minimum Gasteiger partial charge on any atom is -0.496 e. The van der Waals surface area contributed by atoms with Gasteiger partial charge in [0.2, 0.25) is 0 Å². The van der Waals surface area contributed by atoms with Crippen LogP contribution in [0.1, 0.15) is 44.1 Å². The molecule has 4 aromatic rings. The van der Waals surface area contributed by atoms with Gasteiger partial charge in [-0.05, 0) is 93.6 Å². The zero-order valence-corrected chi connectivity index (χ0v) is 26.8. The minimum absolute atomic E-state index is 0.0639. The number of benzene rings is 3. The Bertz CT molecular complexity index is 1690. The number of hydrogen-bond acceptors (Lipinski definition) is 5. The molecule has 8 heteroatoms. The second kappa shape index (κ2) is 13.3. The van der Waals surface area contributed by atoms with Crippen LogP contribution in [0.5, 0.6) is 5.75 Å². The molecule has 0 atom stereocenters. The zero-order chi connectivity index (χ0) is 31.5. The molecule has 45 heavy (non-hydrogen) atoms. The Morgan fingerprint density at radius 1 is 0.822 bits per heavy atom. The highest BCUT2D eigenvalue weighted by molar-refractivity contribution is 6.07. The van der Waals surface area contributed by atoms with Gasteiger partial charge < -0.3 is 24.0 Å². The smallest absolute Gasteiger partial charge is 0.270 e. The molecule has 3 heterocycles. The van der Waals surface area contributed by atoms with Gasteiger partial charge >= 0.3 is 0 Å². The molecule has 0 saturated carbocycles. The summed E-state index contributed by atoms with van der Waals surface area (Å²) in [5, 5.41) is 0. The van der Waals surface area contributed by atoms with Crippen LogP contribution in [-0.2, 0) is 13.1 Å². The number of para-hydroxylation sites is 2. The number of rotatable bonds is 8. The van der Waals surface area contributed by atoms with Crippen molar-refractivity contribution in [1.82, 2.24) is 19.3 Å². The molecule has 2 aliphatic rings. The van der Waals surface area contributed by atoms with Crippen molar-refractivity contribution < 1.29 is 14.3 Å². The molecular weight excluding hydrogens is 562 g/mol. The van der Waals surface area contributed by atoms with E-state index in [4.69, 9.17) is 4.74 Å². The van der Waals surface area contributed by atoms with Crippen molar-refractivity contribution >= 4 is 17.5 Å². The number of ether oxygens (including phenoxy) is 1. The zero-order valence-electron chi connectivity index (χ0n) is 26.8. The number of methoxy groups -OCH3 is 1. The van der Waals surface area contributed by atoms with Crippen LogP contribution in [0.15, 0.2) is 78.9 Å². The van der Waals surface area contributed by atoms with Crippen molar-refractivity contribution in [3.8, 4) is 16.9 Å². The number of hydrogen-bond donors (Lipinski definition) is 0. The summed E-state index contributed by atoms with van der Waals surface area (Å²) in [7, 11) is 5.88. The van der Waals surface area contributed by atoms with Crippen LogP contribution in [0.4, 0.5) is 5.69 Å². The molecule has 0 radical (unpaired) electrons. The van der Waals surface area contributed by atoms with Crippen molar-refractivity contribution in [2.75, 3.05) is 65.4 Å². The summed E-state index contributed by atoms with van der Waals surface area (Å²) in [6.45, 7) is 8.34. The molecule has 6 rings (SSSR count). The molecular formula is C37H43N5O3. The molecule has 2 amide bonds. The van der Waals surface area contributed by atoms with Gasteiger partial charge in [-0.3, -0.25) is 14.5 Å². The van der Waals surface area contributed by atoms with E-state index in [9.17, 15) is 9.59 Å². The fraction of sp³-hybridized carbons (Fsp3) is 0.351. The highest BCUT2D eigenvalue weighted by atomic mass is 16.5. The summed E-state index contributed by atoms with van der Waals surface area (Å²) >= 11 is 0. The van der Waals surface area contributed by atoms with E-state index in [-0.39, 0.29) is 11.8 Å². The number of piperazine rings is 1. The predicted molar refractivity (Wildman–Crippen MR) is 179 cm³/mol. The quantitative estimate of drug-likeness (QED) is 0.270. The lowest BCUT2D eigenvalue weighted by Crippen LogP contribution is -2.49. The van der Waals surface area contributed by atoms with E-state index in [0.717, 1.165) is 85.1 Å². The molecule has 0 bridgehead atoms. The van der Waals surface area contributed by atoms with Crippen LogP contribution in [-0.4, -0.2) is 91.6 Å². The SMILES string of the molecule is COc1ccccc1-c1ccc(C(=O)N2Cc3ccc(C(=O)N4CCN(CCCN(C)C)CC4)n3Cc3ccccc32)cc1C. The Morgan fingerprint density at radius 3 is 2.33 bits per heavy atom. The highest BCUT2D eigenvalue weighted by Gasteiger charge is 2.30. The van der Waals surface area contributed by atoms with E-state index in [1.54, 1.807) is 7.11 Å². The summed E-state index contributed by atoms with van der Waals surface area (Å²) in [6.07, 6.45) is 1.13. The van der Waals surface area contributed by atoms with Crippen molar-refractivity contribution in [3.63, 3.8) is 0 Å². The van der Waals surface area contributed by atoms with E-state index in [1.165, 1.54) is 0 Å². The maximum atomic E-state index is 14.2. The van der Waals surface area contributed by atoms with E-state index >= 15 is 0 Å². The Kier molecular flexibility index (Phi) is 9.05. The lowest BCUT2D eigenvalue weighted by molar-refractivity contribution is 0.0623. The molecule has 3 aromatic carbocycles. The van der Waals surface area contributed by atoms with E-state index in [1.807, 2.05) is 89.5 Å². The number of carbonyl (C=O) groups is 2. The van der Waals surface area contributed by atoms with Crippen molar-refractivity contribution in [1.29, 1.82) is 0 Å². The topological polar surface area (TPSA) is 61.3 Å². The Morgan fingerprint density at radius 2 is 1.58 bits per heavy atom. The molecule has 0 N–H and O–H groups in total. The fourth-order valence-electron chi connectivity index (χ4n) is 6.60. The third-order valence-electron chi connectivity index (χ3n) is 9.08. The molecule has 1 saturated heterocycles. The molecule has 2 aliphatic heterocycles. The second-order valence-corrected chi connectivity index (χ2v) is 12.3. The first-order valence-corrected chi connectivity index (χ1v) is 15.8.